The van der Waals surface area contributed by atoms with Crippen molar-refractivity contribution >= 4 is 23.2 Å². The van der Waals surface area contributed by atoms with Gasteiger partial charge >= 0.3 is 0 Å². The monoisotopic (exact) mass is 356 g/mol. The zero-order valence-electron chi connectivity index (χ0n) is 14.0. The summed E-state index contributed by atoms with van der Waals surface area (Å²) < 4.78 is 5.77. The maximum Gasteiger partial charge on any atom is 0.229 e. The summed E-state index contributed by atoms with van der Waals surface area (Å²) in [5.74, 6) is 0.905. The molecule has 1 fully saturated rings. The molecule has 0 spiro atoms. The molecule has 0 aliphatic carbocycles. The average molecular weight is 357 g/mol. The number of fused-ring (bicyclic) bond motifs is 1. The Kier molecular flexibility index (Phi) is 4.53. The molecule has 1 amide bonds. The van der Waals surface area contributed by atoms with Crippen molar-refractivity contribution in [2.45, 2.75) is 18.9 Å². The summed E-state index contributed by atoms with van der Waals surface area (Å²) in [4.78, 5) is 14.8. The van der Waals surface area contributed by atoms with Crippen LogP contribution in [0.25, 0.3) is 0 Å². The molecule has 0 saturated carbocycles. The molecule has 0 aromatic heterocycles. The van der Waals surface area contributed by atoms with Crippen LogP contribution in [0.15, 0.2) is 48.5 Å². The van der Waals surface area contributed by atoms with Crippen LogP contribution in [0.2, 0.25) is 5.02 Å². The smallest absolute Gasteiger partial charge is 0.229 e. The summed E-state index contributed by atoms with van der Waals surface area (Å²) in [6.07, 6.45) is 1.67. The summed E-state index contributed by atoms with van der Waals surface area (Å²) in [5, 5.41) is 4.19. The minimum Gasteiger partial charge on any atom is -0.492 e. The zero-order valence-corrected chi connectivity index (χ0v) is 14.7. The van der Waals surface area contributed by atoms with E-state index < -0.39 is 0 Å². The Morgan fingerprint density at radius 1 is 1.20 bits per heavy atom. The van der Waals surface area contributed by atoms with E-state index in [1.165, 1.54) is 0 Å². The zero-order chi connectivity index (χ0) is 17.2. The molecule has 25 heavy (non-hydrogen) atoms. The van der Waals surface area contributed by atoms with Gasteiger partial charge in [-0.1, -0.05) is 29.8 Å². The highest BCUT2D eigenvalue weighted by Crippen LogP contribution is 2.31. The normalized spacial score (nSPS) is 22.2. The molecule has 2 aliphatic heterocycles. The molecular weight excluding hydrogens is 336 g/mol. The van der Waals surface area contributed by atoms with Gasteiger partial charge in [-0.3, -0.25) is 4.79 Å². The van der Waals surface area contributed by atoms with E-state index in [9.17, 15) is 4.79 Å². The van der Waals surface area contributed by atoms with Crippen molar-refractivity contribution in [2.75, 3.05) is 25.0 Å². The number of carbonyl (C=O) groups is 1. The lowest BCUT2D eigenvalue weighted by Gasteiger charge is -2.28. The van der Waals surface area contributed by atoms with Crippen LogP contribution in [0.3, 0.4) is 0 Å². The Hall–Kier alpha value is -2.20. The molecule has 2 aromatic carbocycles. The quantitative estimate of drug-likeness (QED) is 0.913. The lowest BCUT2D eigenvalue weighted by molar-refractivity contribution is -0.135. The summed E-state index contributed by atoms with van der Waals surface area (Å²) in [5.41, 5.74) is 2.13. The fraction of sp³-hybridized carbons (Fsp3) is 0.350. The van der Waals surface area contributed by atoms with E-state index in [2.05, 4.69) is 17.4 Å². The Morgan fingerprint density at radius 2 is 2.04 bits per heavy atom. The number of nitrogens with one attached hydrogen (secondary N) is 1. The number of hydrogen-bond donors (Lipinski definition) is 1. The van der Waals surface area contributed by atoms with E-state index in [0.717, 1.165) is 36.5 Å². The molecule has 5 heteroatoms. The third-order valence-electron chi connectivity index (χ3n) is 4.92. The van der Waals surface area contributed by atoms with E-state index in [-0.39, 0.29) is 11.8 Å². The Bertz CT molecular complexity index is 766. The third kappa shape index (κ3) is 3.59. The van der Waals surface area contributed by atoms with Crippen molar-refractivity contribution in [3.8, 4) is 5.75 Å². The number of benzene rings is 2. The van der Waals surface area contributed by atoms with Gasteiger partial charge in [0.1, 0.15) is 12.4 Å². The van der Waals surface area contributed by atoms with E-state index in [1.54, 1.807) is 0 Å². The lowest BCUT2D eigenvalue weighted by Crippen LogP contribution is -2.40. The lowest BCUT2D eigenvalue weighted by atomic mass is 9.95. The SMILES string of the molecule is O=C(C1COc2ccc(Cl)cc2C1)N1CCC(Nc2ccccc2)C1. The minimum atomic E-state index is -0.124. The van der Waals surface area contributed by atoms with Crippen LogP contribution in [0.1, 0.15) is 12.0 Å². The van der Waals surface area contributed by atoms with Crippen molar-refractivity contribution in [3.63, 3.8) is 0 Å². The molecular formula is C20H21ClN2O2. The maximum absolute atomic E-state index is 12.9. The number of ether oxygens (including phenoxy) is 1. The topological polar surface area (TPSA) is 41.6 Å². The number of likely N-dealkylation sites (tertiary alicyclic amines) is 1. The summed E-state index contributed by atoms with van der Waals surface area (Å²) in [6.45, 7) is 1.98. The van der Waals surface area contributed by atoms with Crippen molar-refractivity contribution in [2.24, 2.45) is 5.92 Å². The number of rotatable bonds is 3. The summed E-state index contributed by atoms with van der Waals surface area (Å²) >= 11 is 6.07. The largest absolute Gasteiger partial charge is 0.492 e. The standard InChI is InChI=1S/C20H21ClN2O2/c21-16-6-7-19-14(11-16)10-15(13-25-19)20(24)23-9-8-18(12-23)22-17-4-2-1-3-5-17/h1-7,11,15,18,22H,8-10,12-13H2. The van der Waals surface area contributed by atoms with Gasteiger partial charge in [-0.2, -0.15) is 0 Å². The second kappa shape index (κ2) is 6.96. The first-order chi connectivity index (χ1) is 12.2. The maximum atomic E-state index is 12.9. The molecule has 2 heterocycles. The van der Waals surface area contributed by atoms with Gasteiger partial charge < -0.3 is 15.0 Å². The van der Waals surface area contributed by atoms with E-state index in [4.69, 9.17) is 16.3 Å². The van der Waals surface area contributed by atoms with Gasteiger partial charge in [0.05, 0.1) is 5.92 Å². The van der Waals surface area contributed by atoms with Crippen LogP contribution < -0.4 is 10.1 Å². The first-order valence-electron chi connectivity index (χ1n) is 8.70. The van der Waals surface area contributed by atoms with Crippen LogP contribution in [-0.2, 0) is 11.2 Å². The van der Waals surface area contributed by atoms with E-state index >= 15 is 0 Å². The van der Waals surface area contributed by atoms with Crippen LogP contribution in [0, 0.1) is 5.92 Å². The molecule has 2 atom stereocenters. The second-order valence-corrected chi connectivity index (χ2v) is 7.18. The minimum absolute atomic E-state index is 0.124. The first-order valence-corrected chi connectivity index (χ1v) is 9.08. The highest BCUT2D eigenvalue weighted by Gasteiger charge is 2.33. The molecule has 2 aromatic rings. The number of carbonyl (C=O) groups excluding carboxylic acids is 1. The molecule has 1 N–H and O–H groups in total. The molecule has 4 rings (SSSR count). The number of nitrogens with zero attached hydrogens (tertiary/aromatic N) is 1. The summed E-state index contributed by atoms with van der Waals surface area (Å²) in [7, 11) is 0. The van der Waals surface area contributed by atoms with Gasteiger partial charge in [-0.25, -0.2) is 0 Å². The average Bonchev–Trinajstić information content (AvgIpc) is 3.09. The van der Waals surface area contributed by atoms with E-state index in [0.29, 0.717) is 24.1 Å². The van der Waals surface area contributed by atoms with Gasteiger partial charge in [0.2, 0.25) is 5.91 Å². The van der Waals surface area contributed by atoms with Crippen LogP contribution in [0.4, 0.5) is 5.69 Å². The molecule has 1 saturated heterocycles. The number of para-hydroxylation sites is 1. The highest BCUT2D eigenvalue weighted by molar-refractivity contribution is 6.30. The number of halogens is 1. The fourth-order valence-corrected chi connectivity index (χ4v) is 3.82. The Balaban J connectivity index is 1.37. The van der Waals surface area contributed by atoms with Crippen LogP contribution in [0.5, 0.6) is 5.75 Å². The Morgan fingerprint density at radius 3 is 2.88 bits per heavy atom. The predicted octanol–water partition coefficient (Wildman–Crippen LogP) is 3.60. The molecule has 0 radical (unpaired) electrons. The first kappa shape index (κ1) is 16.3. The van der Waals surface area contributed by atoms with Crippen molar-refractivity contribution in [3.05, 3.63) is 59.1 Å². The molecule has 130 valence electrons. The summed E-state index contributed by atoms with van der Waals surface area (Å²) in [6, 6.07) is 16.1. The number of hydrogen-bond acceptors (Lipinski definition) is 3. The molecule has 0 bridgehead atoms. The van der Waals surface area contributed by atoms with Gasteiger partial charge in [0.25, 0.3) is 0 Å². The number of anilines is 1. The van der Waals surface area contributed by atoms with Crippen LogP contribution >= 0.6 is 11.6 Å². The fourth-order valence-electron chi connectivity index (χ4n) is 3.63. The third-order valence-corrected chi connectivity index (χ3v) is 5.16. The Labute approximate surface area is 152 Å². The van der Waals surface area contributed by atoms with Gasteiger partial charge in [-0.05, 0) is 48.7 Å². The van der Waals surface area contributed by atoms with Crippen molar-refractivity contribution in [1.82, 2.24) is 4.90 Å². The molecule has 2 aliphatic rings. The van der Waals surface area contributed by atoms with Crippen LogP contribution in [-0.4, -0.2) is 36.5 Å². The van der Waals surface area contributed by atoms with Gasteiger partial charge in [-0.15, -0.1) is 0 Å². The predicted molar refractivity (Wildman–Crippen MR) is 99.2 cm³/mol. The molecule has 4 nitrogen and oxygen atoms in total. The second-order valence-electron chi connectivity index (χ2n) is 6.74. The molecule has 2 unspecified atom stereocenters. The van der Waals surface area contributed by atoms with E-state index in [1.807, 2.05) is 41.3 Å². The van der Waals surface area contributed by atoms with Crippen molar-refractivity contribution < 1.29 is 9.53 Å². The van der Waals surface area contributed by atoms with Gasteiger partial charge in [0, 0.05) is 29.8 Å². The number of amides is 1. The van der Waals surface area contributed by atoms with Gasteiger partial charge in [0.15, 0.2) is 0 Å². The highest BCUT2D eigenvalue weighted by atomic mass is 35.5. The van der Waals surface area contributed by atoms with Crippen molar-refractivity contribution in [1.29, 1.82) is 0 Å².